The summed E-state index contributed by atoms with van der Waals surface area (Å²) in [5.74, 6) is -0.950. The maximum atomic E-state index is 14.9. The van der Waals surface area contributed by atoms with Crippen molar-refractivity contribution >= 4 is 17.0 Å². The smallest absolute Gasteiger partial charge is 0.316 e. The lowest BCUT2D eigenvalue weighted by Crippen LogP contribution is -2.28. The van der Waals surface area contributed by atoms with Gasteiger partial charge in [0.15, 0.2) is 0 Å². The number of hydrogen-bond donors (Lipinski definition) is 2. The van der Waals surface area contributed by atoms with Crippen LogP contribution >= 0.6 is 0 Å². The van der Waals surface area contributed by atoms with Crippen molar-refractivity contribution in [2.45, 2.75) is 38.7 Å². The second-order valence-electron chi connectivity index (χ2n) is 8.48. The molecule has 1 saturated carbocycles. The minimum absolute atomic E-state index is 0.0872. The highest BCUT2D eigenvalue weighted by atomic mass is 19.1. The van der Waals surface area contributed by atoms with Gasteiger partial charge in [0.2, 0.25) is 0 Å². The Balaban J connectivity index is 1.29. The lowest BCUT2D eigenvalue weighted by molar-refractivity contribution is -0.143. The first-order valence-corrected chi connectivity index (χ1v) is 10.9. The van der Waals surface area contributed by atoms with Gasteiger partial charge in [-0.25, -0.2) is 19.3 Å². The molecule has 1 fully saturated rings. The normalized spacial score (nSPS) is 18.4. The zero-order valence-corrected chi connectivity index (χ0v) is 18.1. The standard InChI is InChI=1S/C25H23FN4O3/c1-14-2-9-21-22(10-14)30-23(29-21)19-8-5-16(11-20(19)26)17-12-27-25(28-13-17)33-18-6-3-15(4-7-18)24(31)32/h2,5,8-13,15,18H,3-4,6-7H2,1H3,(H,29,30)(H,31,32). The number of carbonyl (C=O) groups is 1. The zero-order valence-electron chi connectivity index (χ0n) is 18.1. The SMILES string of the molecule is Cc1ccc2[nH]c(-c3ccc(-c4cnc(OC5CCC(C(=O)O)CC5)nc4)cc3F)nc2c1. The predicted octanol–water partition coefficient (Wildman–Crippen LogP) is 5.16. The number of nitrogens with zero attached hydrogens (tertiary/aromatic N) is 3. The fourth-order valence-electron chi connectivity index (χ4n) is 4.23. The van der Waals surface area contributed by atoms with Gasteiger partial charge in [0.25, 0.3) is 0 Å². The average Bonchev–Trinajstić information content (AvgIpc) is 3.22. The van der Waals surface area contributed by atoms with Crippen LogP contribution in [0.4, 0.5) is 4.39 Å². The van der Waals surface area contributed by atoms with Crippen LogP contribution in [0.1, 0.15) is 31.2 Å². The largest absolute Gasteiger partial charge is 0.481 e. The molecule has 0 saturated heterocycles. The van der Waals surface area contributed by atoms with Gasteiger partial charge in [-0.05, 0) is 68.0 Å². The molecule has 168 valence electrons. The zero-order chi connectivity index (χ0) is 22.9. The van der Waals surface area contributed by atoms with E-state index in [0.717, 1.165) is 16.6 Å². The molecule has 2 aromatic heterocycles. The third-order valence-electron chi connectivity index (χ3n) is 6.12. The van der Waals surface area contributed by atoms with Crippen molar-refractivity contribution in [1.29, 1.82) is 0 Å². The van der Waals surface area contributed by atoms with Crippen molar-refractivity contribution in [1.82, 2.24) is 19.9 Å². The molecule has 0 unspecified atom stereocenters. The summed E-state index contributed by atoms with van der Waals surface area (Å²) in [6.07, 6.45) is 5.62. The Morgan fingerprint density at radius 2 is 1.82 bits per heavy atom. The summed E-state index contributed by atoms with van der Waals surface area (Å²) in [5.41, 5.74) is 4.47. The first-order valence-electron chi connectivity index (χ1n) is 10.9. The number of carboxylic acids is 1. The quantitative estimate of drug-likeness (QED) is 0.439. The van der Waals surface area contributed by atoms with E-state index >= 15 is 0 Å². The van der Waals surface area contributed by atoms with Crippen LogP contribution in [-0.2, 0) is 4.79 Å². The van der Waals surface area contributed by atoms with Crippen LogP contribution in [0.5, 0.6) is 6.01 Å². The van der Waals surface area contributed by atoms with E-state index in [9.17, 15) is 9.18 Å². The summed E-state index contributed by atoms with van der Waals surface area (Å²) in [6.45, 7) is 1.99. The van der Waals surface area contributed by atoms with Crippen LogP contribution in [0.3, 0.4) is 0 Å². The van der Waals surface area contributed by atoms with Crippen LogP contribution < -0.4 is 4.74 Å². The molecule has 2 heterocycles. The molecule has 0 bridgehead atoms. The number of aromatic nitrogens is 4. The number of ether oxygens (including phenoxy) is 1. The first kappa shape index (κ1) is 21.1. The second kappa shape index (κ2) is 8.61. The van der Waals surface area contributed by atoms with E-state index in [1.54, 1.807) is 18.5 Å². The monoisotopic (exact) mass is 446 g/mol. The maximum absolute atomic E-state index is 14.9. The van der Waals surface area contributed by atoms with Gasteiger partial charge in [-0.1, -0.05) is 12.1 Å². The van der Waals surface area contributed by atoms with Gasteiger partial charge in [0, 0.05) is 18.0 Å². The Kier molecular flexibility index (Phi) is 5.50. The maximum Gasteiger partial charge on any atom is 0.316 e. The summed E-state index contributed by atoms with van der Waals surface area (Å²) >= 11 is 0. The van der Waals surface area contributed by atoms with E-state index in [2.05, 4.69) is 19.9 Å². The summed E-state index contributed by atoms with van der Waals surface area (Å²) in [4.78, 5) is 27.3. The lowest BCUT2D eigenvalue weighted by Gasteiger charge is -2.25. The van der Waals surface area contributed by atoms with Gasteiger partial charge in [-0.3, -0.25) is 4.79 Å². The van der Waals surface area contributed by atoms with E-state index in [1.807, 2.05) is 31.2 Å². The van der Waals surface area contributed by atoms with E-state index in [-0.39, 0.29) is 18.0 Å². The average molecular weight is 446 g/mol. The summed E-state index contributed by atoms with van der Waals surface area (Å²) in [6, 6.07) is 11.1. The number of hydrogen-bond acceptors (Lipinski definition) is 5. The Morgan fingerprint density at radius 3 is 2.52 bits per heavy atom. The number of aromatic amines is 1. The van der Waals surface area contributed by atoms with Crippen molar-refractivity contribution in [3.63, 3.8) is 0 Å². The summed E-state index contributed by atoms with van der Waals surface area (Å²) in [5, 5.41) is 9.10. The van der Waals surface area contributed by atoms with Crippen molar-refractivity contribution in [3.05, 3.63) is 60.2 Å². The molecule has 0 atom stereocenters. The van der Waals surface area contributed by atoms with Gasteiger partial charge in [-0.15, -0.1) is 0 Å². The minimum atomic E-state index is -0.747. The highest BCUT2D eigenvalue weighted by Crippen LogP contribution is 2.29. The lowest BCUT2D eigenvalue weighted by atomic mass is 9.87. The summed E-state index contributed by atoms with van der Waals surface area (Å²) < 4.78 is 20.7. The second-order valence-corrected chi connectivity index (χ2v) is 8.48. The van der Waals surface area contributed by atoms with Crippen LogP contribution in [0.25, 0.3) is 33.5 Å². The van der Waals surface area contributed by atoms with Crippen molar-refractivity contribution in [2.24, 2.45) is 5.92 Å². The van der Waals surface area contributed by atoms with Crippen LogP contribution in [0.15, 0.2) is 48.8 Å². The number of fused-ring (bicyclic) bond motifs is 1. The molecule has 1 aliphatic rings. The minimum Gasteiger partial charge on any atom is -0.481 e. The number of rotatable bonds is 5. The van der Waals surface area contributed by atoms with Crippen LogP contribution in [-0.4, -0.2) is 37.1 Å². The first-order chi connectivity index (χ1) is 16.0. The highest BCUT2D eigenvalue weighted by molar-refractivity contribution is 5.80. The fourth-order valence-corrected chi connectivity index (χ4v) is 4.23. The molecule has 7 nitrogen and oxygen atoms in total. The van der Waals surface area contributed by atoms with E-state index in [4.69, 9.17) is 9.84 Å². The molecule has 33 heavy (non-hydrogen) atoms. The van der Waals surface area contributed by atoms with Gasteiger partial charge in [0.1, 0.15) is 17.7 Å². The van der Waals surface area contributed by atoms with Crippen molar-refractivity contribution in [3.8, 4) is 28.5 Å². The molecular formula is C25H23FN4O3. The molecule has 4 aromatic rings. The van der Waals surface area contributed by atoms with E-state index in [1.165, 1.54) is 6.07 Å². The van der Waals surface area contributed by atoms with E-state index in [0.29, 0.717) is 48.2 Å². The number of aryl methyl sites for hydroxylation is 1. The van der Waals surface area contributed by atoms with Crippen LogP contribution in [0.2, 0.25) is 0 Å². The molecule has 8 heteroatoms. The van der Waals surface area contributed by atoms with Gasteiger partial charge < -0.3 is 14.8 Å². The Morgan fingerprint density at radius 1 is 1.06 bits per heavy atom. The number of carboxylic acid groups (broad SMARTS) is 1. The van der Waals surface area contributed by atoms with Gasteiger partial charge in [-0.2, -0.15) is 0 Å². The molecule has 0 amide bonds. The Hall–Kier alpha value is -3.81. The molecular weight excluding hydrogens is 423 g/mol. The summed E-state index contributed by atoms with van der Waals surface area (Å²) in [7, 11) is 0. The molecule has 0 spiro atoms. The predicted molar refractivity (Wildman–Crippen MR) is 121 cm³/mol. The molecule has 1 aliphatic carbocycles. The highest BCUT2D eigenvalue weighted by Gasteiger charge is 2.27. The number of imidazole rings is 1. The number of H-pyrrole nitrogens is 1. The molecule has 0 aliphatic heterocycles. The Labute approximate surface area is 189 Å². The number of benzene rings is 2. The van der Waals surface area contributed by atoms with Gasteiger partial charge in [0.05, 0.1) is 22.5 Å². The van der Waals surface area contributed by atoms with Crippen molar-refractivity contribution in [2.75, 3.05) is 0 Å². The number of halogens is 1. The van der Waals surface area contributed by atoms with Crippen molar-refractivity contribution < 1.29 is 19.0 Å². The third-order valence-corrected chi connectivity index (χ3v) is 6.12. The van der Waals surface area contributed by atoms with Crippen LogP contribution in [0, 0.1) is 18.7 Å². The molecule has 2 N–H and O–H groups in total. The van der Waals surface area contributed by atoms with Gasteiger partial charge >= 0.3 is 12.0 Å². The number of aliphatic carboxylic acids is 1. The fraction of sp³-hybridized carbons (Fsp3) is 0.280. The molecule has 2 aromatic carbocycles. The molecule has 5 rings (SSSR count). The third kappa shape index (κ3) is 4.41. The topological polar surface area (TPSA) is 101 Å². The van der Waals surface area contributed by atoms with E-state index < -0.39 is 11.8 Å². The Bertz CT molecular complexity index is 1310. The number of nitrogens with one attached hydrogen (secondary N) is 1. The molecule has 0 radical (unpaired) electrons.